The van der Waals surface area contributed by atoms with Gasteiger partial charge in [0.25, 0.3) is 0 Å². The molecule has 1 N–H and O–H groups in total. The van der Waals surface area contributed by atoms with Gasteiger partial charge in [0.1, 0.15) is 11.8 Å². The van der Waals surface area contributed by atoms with Crippen LogP contribution in [-0.4, -0.2) is 33.1 Å². The van der Waals surface area contributed by atoms with E-state index in [1.165, 1.54) is 11.1 Å². The van der Waals surface area contributed by atoms with Crippen molar-refractivity contribution in [2.75, 3.05) is 27.3 Å². The summed E-state index contributed by atoms with van der Waals surface area (Å²) < 4.78 is 10.9. The molecule has 2 aliphatic heterocycles. The minimum absolute atomic E-state index is 0.239. The van der Waals surface area contributed by atoms with Crippen molar-refractivity contribution in [2.24, 2.45) is 11.8 Å². The van der Waals surface area contributed by atoms with Crippen molar-refractivity contribution in [2.45, 2.75) is 39.2 Å². The molecule has 23 heavy (non-hydrogen) atoms. The Bertz CT molecular complexity index is 597. The third-order valence-corrected chi connectivity index (χ3v) is 5.35. The average molecular weight is 318 g/mol. The molecule has 1 fully saturated rings. The Balaban J connectivity index is 1.89. The van der Waals surface area contributed by atoms with Gasteiger partial charge in [-0.2, -0.15) is 0 Å². The quantitative estimate of drug-likeness (QED) is 0.920. The summed E-state index contributed by atoms with van der Waals surface area (Å²) in [5, 5.41) is 0. The Kier molecular flexibility index (Phi) is 4.62. The van der Waals surface area contributed by atoms with Crippen LogP contribution in [0.5, 0.6) is 11.5 Å². The molecule has 4 nitrogen and oxygen atoms in total. The first kappa shape index (κ1) is 16.3. The monoisotopic (exact) mass is 318 g/mol. The number of benzene rings is 1. The molecule has 0 spiro atoms. The second kappa shape index (κ2) is 6.52. The van der Waals surface area contributed by atoms with Gasteiger partial charge in [-0.15, -0.1) is 0 Å². The first-order chi connectivity index (χ1) is 11.0. The number of hydrogen-bond acceptors (Lipinski definition) is 3. The number of rotatable bonds is 4. The molecule has 0 bridgehead atoms. The number of quaternary nitrogens is 1. The van der Waals surface area contributed by atoms with Gasteiger partial charge in [0.05, 0.1) is 39.6 Å². The predicted molar refractivity (Wildman–Crippen MR) is 89.3 cm³/mol. The summed E-state index contributed by atoms with van der Waals surface area (Å²) in [7, 11) is 3.34. The molecule has 0 aliphatic carbocycles. The van der Waals surface area contributed by atoms with Gasteiger partial charge in [-0.05, 0) is 30.0 Å². The van der Waals surface area contributed by atoms with Gasteiger partial charge in [-0.25, -0.2) is 0 Å². The summed E-state index contributed by atoms with van der Waals surface area (Å²) >= 11 is 0. The summed E-state index contributed by atoms with van der Waals surface area (Å²) in [6, 6.07) is 4.47. The van der Waals surface area contributed by atoms with Gasteiger partial charge in [-0.3, -0.25) is 4.79 Å². The maximum absolute atomic E-state index is 12.6. The minimum Gasteiger partial charge on any atom is -0.493 e. The third kappa shape index (κ3) is 3.09. The van der Waals surface area contributed by atoms with E-state index in [2.05, 4.69) is 26.0 Å². The molecule has 4 heteroatoms. The summed E-state index contributed by atoms with van der Waals surface area (Å²) in [6.07, 6.45) is 2.73. The lowest BCUT2D eigenvalue weighted by molar-refractivity contribution is -0.938. The van der Waals surface area contributed by atoms with E-state index in [4.69, 9.17) is 9.47 Å². The Morgan fingerprint density at radius 3 is 2.57 bits per heavy atom. The highest BCUT2D eigenvalue weighted by atomic mass is 16.5. The number of carbonyl (C=O) groups is 1. The largest absolute Gasteiger partial charge is 0.493 e. The maximum atomic E-state index is 12.6. The van der Waals surface area contributed by atoms with Crippen molar-refractivity contribution in [1.82, 2.24) is 0 Å². The number of piperidine rings is 1. The van der Waals surface area contributed by atoms with E-state index in [9.17, 15) is 4.79 Å². The van der Waals surface area contributed by atoms with E-state index < -0.39 is 0 Å². The molecular formula is C19H28NO3+. The number of hydrogen-bond donors (Lipinski definition) is 1. The highest BCUT2D eigenvalue weighted by Crippen LogP contribution is 2.36. The first-order valence-corrected chi connectivity index (χ1v) is 8.65. The van der Waals surface area contributed by atoms with Crippen LogP contribution in [0.4, 0.5) is 0 Å². The second-order valence-corrected chi connectivity index (χ2v) is 7.32. The van der Waals surface area contributed by atoms with Gasteiger partial charge < -0.3 is 14.4 Å². The molecule has 1 unspecified atom stereocenters. The average Bonchev–Trinajstić information content (AvgIpc) is 2.53. The summed E-state index contributed by atoms with van der Waals surface area (Å²) in [4.78, 5) is 14.2. The van der Waals surface area contributed by atoms with Crippen molar-refractivity contribution in [3.8, 4) is 11.5 Å². The Morgan fingerprint density at radius 1 is 1.22 bits per heavy atom. The zero-order valence-corrected chi connectivity index (χ0v) is 14.6. The van der Waals surface area contributed by atoms with Crippen molar-refractivity contribution in [3.05, 3.63) is 23.3 Å². The number of carbonyl (C=O) groups excluding carboxylic acids is 1. The lowest BCUT2D eigenvalue weighted by Gasteiger charge is -2.40. The Morgan fingerprint density at radius 2 is 1.91 bits per heavy atom. The molecule has 3 atom stereocenters. The van der Waals surface area contributed by atoms with Crippen LogP contribution in [0.2, 0.25) is 0 Å². The highest BCUT2D eigenvalue weighted by Gasteiger charge is 2.41. The van der Waals surface area contributed by atoms with Crippen LogP contribution in [-0.2, 0) is 11.2 Å². The van der Waals surface area contributed by atoms with Crippen LogP contribution < -0.4 is 14.4 Å². The summed E-state index contributed by atoms with van der Waals surface area (Å²) in [5.41, 5.74) is 2.59. The normalized spacial score (nSPS) is 26.7. The predicted octanol–water partition coefficient (Wildman–Crippen LogP) is 1.82. The number of fused-ring (bicyclic) bond motifs is 3. The molecule has 1 saturated heterocycles. The fraction of sp³-hybridized carbons (Fsp3) is 0.632. The Hall–Kier alpha value is -1.55. The topological polar surface area (TPSA) is 40.0 Å². The molecule has 0 saturated carbocycles. The molecule has 1 aromatic carbocycles. The standard InChI is InChI=1S/C19H27NO3/c1-12(2)7-14-11-20-6-5-13-8-18(22-3)19(23-4)9-15(13)16(20)10-17(14)21/h8-9,12,14,16H,5-7,10-11H2,1-4H3/p+1/t14-,16+/m1/s1. The van der Waals surface area contributed by atoms with Gasteiger partial charge in [0.2, 0.25) is 0 Å². The minimum atomic E-state index is 0.239. The van der Waals surface area contributed by atoms with E-state index >= 15 is 0 Å². The van der Waals surface area contributed by atoms with Gasteiger partial charge in [0.15, 0.2) is 11.5 Å². The van der Waals surface area contributed by atoms with Gasteiger partial charge >= 0.3 is 0 Å². The van der Waals surface area contributed by atoms with Crippen LogP contribution in [0.1, 0.15) is 43.9 Å². The van der Waals surface area contributed by atoms with E-state index in [-0.39, 0.29) is 12.0 Å². The number of Topliss-reactive ketones (excluding diaryl/α,β-unsaturated/α-hetero) is 1. The number of ketones is 1. The zero-order valence-electron chi connectivity index (χ0n) is 14.6. The third-order valence-electron chi connectivity index (χ3n) is 5.35. The van der Waals surface area contributed by atoms with Crippen molar-refractivity contribution in [3.63, 3.8) is 0 Å². The van der Waals surface area contributed by atoms with Gasteiger partial charge in [-0.1, -0.05) is 13.8 Å². The Labute approximate surface area is 138 Å². The second-order valence-electron chi connectivity index (χ2n) is 7.32. The number of nitrogens with one attached hydrogen (secondary N) is 1. The lowest BCUT2D eigenvalue weighted by Crippen LogP contribution is -3.15. The first-order valence-electron chi connectivity index (χ1n) is 8.65. The molecule has 0 amide bonds. The van der Waals surface area contributed by atoms with E-state index in [0.717, 1.165) is 37.4 Å². The van der Waals surface area contributed by atoms with Crippen LogP contribution in [0, 0.1) is 11.8 Å². The van der Waals surface area contributed by atoms with Crippen LogP contribution in [0.3, 0.4) is 0 Å². The maximum Gasteiger partial charge on any atom is 0.161 e. The van der Waals surface area contributed by atoms with Crippen LogP contribution >= 0.6 is 0 Å². The van der Waals surface area contributed by atoms with Crippen LogP contribution in [0.25, 0.3) is 0 Å². The van der Waals surface area contributed by atoms with E-state index in [1.54, 1.807) is 19.1 Å². The number of methoxy groups -OCH3 is 2. The summed E-state index contributed by atoms with van der Waals surface area (Å²) in [5.74, 6) is 2.82. The van der Waals surface area contributed by atoms with Gasteiger partial charge in [0, 0.05) is 12.0 Å². The fourth-order valence-electron chi connectivity index (χ4n) is 4.25. The number of ether oxygens (including phenoxy) is 2. The van der Waals surface area contributed by atoms with E-state index in [1.807, 2.05) is 0 Å². The molecule has 0 radical (unpaired) electrons. The molecule has 2 aliphatic rings. The summed E-state index contributed by atoms with van der Waals surface area (Å²) in [6.45, 7) is 6.50. The highest BCUT2D eigenvalue weighted by molar-refractivity contribution is 5.82. The van der Waals surface area contributed by atoms with Crippen LogP contribution in [0.15, 0.2) is 12.1 Å². The molecule has 126 valence electrons. The smallest absolute Gasteiger partial charge is 0.161 e. The molecule has 2 heterocycles. The zero-order chi connectivity index (χ0) is 16.6. The molecule has 0 aromatic heterocycles. The van der Waals surface area contributed by atoms with E-state index in [0.29, 0.717) is 18.1 Å². The molecular weight excluding hydrogens is 290 g/mol. The molecule has 1 aromatic rings. The lowest BCUT2D eigenvalue weighted by atomic mass is 9.80. The van der Waals surface area contributed by atoms with Crippen molar-refractivity contribution in [1.29, 1.82) is 0 Å². The fourth-order valence-corrected chi connectivity index (χ4v) is 4.25. The van der Waals surface area contributed by atoms with Crippen molar-refractivity contribution < 1.29 is 19.2 Å². The van der Waals surface area contributed by atoms with Crippen molar-refractivity contribution >= 4 is 5.78 Å². The SMILES string of the molecule is COc1cc2c(cc1OC)[C@@H]1CC(=O)[C@H](CC(C)C)C[NH+]1CC2. The molecule has 3 rings (SSSR count).